The van der Waals surface area contributed by atoms with Crippen LogP contribution in [0.4, 0.5) is 11.4 Å². The maximum Gasteiger partial charge on any atom is 0.260 e. The van der Waals surface area contributed by atoms with Crippen molar-refractivity contribution in [2.24, 2.45) is 0 Å². The molecule has 0 aromatic heterocycles. The van der Waals surface area contributed by atoms with Crippen LogP contribution in [0.1, 0.15) is 19.4 Å². The topological polar surface area (TPSA) is 71.1 Å². The molecule has 0 spiro atoms. The second-order valence-electron chi connectivity index (χ2n) is 7.39. The Morgan fingerprint density at radius 2 is 1.84 bits per heavy atom. The van der Waals surface area contributed by atoms with Gasteiger partial charge in [-0.1, -0.05) is 19.1 Å². The van der Waals surface area contributed by atoms with Gasteiger partial charge in [0.25, 0.3) is 5.91 Å². The van der Waals surface area contributed by atoms with Crippen molar-refractivity contribution in [2.45, 2.75) is 20.3 Å². The van der Waals surface area contributed by atoms with Gasteiger partial charge >= 0.3 is 0 Å². The number of benzene rings is 2. The van der Waals surface area contributed by atoms with E-state index in [-0.39, 0.29) is 25.0 Å². The Morgan fingerprint density at radius 1 is 1.10 bits per heavy atom. The Bertz CT molecular complexity index is 863. The van der Waals surface area contributed by atoms with Crippen LogP contribution in [0.25, 0.3) is 0 Å². The normalized spacial score (nSPS) is 13.5. The van der Waals surface area contributed by atoms with Gasteiger partial charge in [0, 0.05) is 31.0 Å². The molecule has 1 fully saturated rings. The molecule has 7 nitrogen and oxygen atoms in total. The lowest BCUT2D eigenvalue weighted by Crippen LogP contribution is -2.40. The van der Waals surface area contributed by atoms with Crippen molar-refractivity contribution in [3.63, 3.8) is 0 Å². The number of anilines is 2. The lowest BCUT2D eigenvalue weighted by Gasteiger charge is -2.29. The lowest BCUT2D eigenvalue weighted by atomic mass is 10.2. The van der Waals surface area contributed by atoms with Gasteiger partial charge in [-0.3, -0.25) is 9.59 Å². The molecule has 0 bridgehead atoms. The molecule has 0 radical (unpaired) electrons. The molecule has 1 N–H and O–H groups in total. The summed E-state index contributed by atoms with van der Waals surface area (Å²) in [6.07, 6.45) is 0.903. The van der Waals surface area contributed by atoms with E-state index in [0.29, 0.717) is 18.0 Å². The van der Waals surface area contributed by atoms with Crippen LogP contribution in [-0.2, 0) is 20.7 Å². The summed E-state index contributed by atoms with van der Waals surface area (Å²) in [5.74, 6) is 0.207. The number of hydrogen-bond donors (Lipinski definition) is 1. The monoisotopic (exact) mass is 425 g/mol. The number of ether oxygens (including phenoxy) is 2. The Labute approximate surface area is 183 Å². The predicted molar refractivity (Wildman–Crippen MR) is 122 cm³/mol. The van der Waals surface area contributed by atoms with E-state index in [1.165, 1.54) is 4.90 Å². The summed E-state index contributed by atoms with van der Waals surface area (Å²) in [4.78, 5) is 28.7. The number of rotatable bonds is 9. The van der Waals surface area contributed by atoms with Crippen molar-refractivity contribution in [3.05, 3.63) is 54.1 Å². The van der Waals surface area contributed by atoms with Crippen LogP contribution in [0.2, 0.25) is 0 Å². The SMILES string of the molecule is CCc1cccc(OCC(=O)N(CC)CC(=O)Nc2ccc(N3CCOCC3)cc2)c1. The van der Waals surface area contributed by atoms with Crippen LogP contribution in [0.15, 0.2) is 48.5 Å². The maximum absolute atomic E-state index is 12.5. The van der Waals surface area contributed by atoms with Crippen LogP contribution in [0.3, 0.4) is 0 Å². The minimum absolute atomic E-state index is 0.0150. The van der Waals surface area contributed by atoms with Crippen LogP contribution in [0, 0.1) is 0 Å². The van der Waals surface area contributed by atoms with Gasteiger partial charge in [0.1, 0.15) is 5.75 Å². The minimum atomic E-state index is -0.234. The zero-order chi connectivity index (χ0) is 22.1. The number of nitrogens with zero attached hydrogens (tertiary/aromatic N) is 2. The molecule has 1 aliphatic heterocycles. The molecule has 7 heteroatoms. The Morgan fingerprint density at radius 3 is 2.52 bits per heavy atom. The fourth-order valence-electron chi connectivity index (χ4n) is 3.42. The number of carbonyl (C=O) groups is 2. The van der Waals surface area contributed by atoms with Crippen molar-refractivity contribution in [2.75, 3.05) is 56.2 Å². The summed E-state index contributed by atoms with van der Waals surface area (Å²) in [5.41, 5.74) is 2.96. The molecule has 2 amide bonds. The fraction of sp³-hybridized carbons (Fsp3) is 0.417. The van der Waals surface area contributed by atoms with Crippen LogP contribution < -0.4 is 15.0 Å². The molecule has 1 saturated heterocycles. The quantitative estimate of drug-likeness (QED) is 0.669. The molecule has 1 aliphatic rings. The average molecular weight is 426 g/mol. The number of nitrogens with one attached hydrogen (secondary N) is 1. The third-order valence-corrected chi connectivity index (χ3v) is 5.27. The Hall–Kier alpha value is -3.06. The molecule has 0 saturated carbocycles. The van der Waals surface area contributed by atoms with Crippen LogP contribution in [-0.4, -0.2) is 62.7 Å². The summed E-state index contributed by atoms with van der Waals surface area (Å²) in [5, 5.41) is 2.86. The summed E-state index contributed by atoms with van der Waals surface area (Å²) in [6.45, 7) is 7.42. The first-order valence-electron chi connectivity index (χ1n) is 10.8. The molecule has 0 unspecified atom stereocenters. The molecular weight excluding hydrogens is 394 g/mol. The van der Waals surface area contributed by atoms with E-state index in [0.717, 1.165) is 44.0 Å². The number of carbonyl (C=O) groups excluding carboxylic acids is 2. The van der Waals surface area contributed by atoms with Crippen molar-refractivity contribution >= 4 is 23.2 Å². The summed E-state index contributed by atoms with van der Waals surface area (Å²) < 4.78 is 11.0. The van der Waals surface area contributed by atoms with E-state index in [1.54, 1.807) is 0 Å². The smallest absolute Gasteiger partial charge is 0.260 e. The van der Waals surface area contributed by atoms with Gasteiger partial charge in [0.15, 0.2) is 6.61 Å². The molecule has 1 heterocycles. The standard InChI is InChI=1S/C24H31N3O4/c1-3-19-6-5-7-22(16-19)31-18-24(29)26(4-2)17-23(28)25-20-8-10-21(11-9-20)27-12-14-30-15-13-27/h5-11,16H,3-4,12-15,17-18H2,1-2H3,(H,25,28). The zero-order valence-electron chi connectivity index (χ0n) is 18.3. The van der Waals surface area contributed by atoms with E-state index in [1.807, 2.05) is 55.5 Å². The van der Waals surface area contributed by atoms with E-state index in [4.69, 9.17) is 9.47 Å². The molecule has 2 aromatic rings. The van der Waals surface area contributed by atoms with Gasteiger partial charge in [-0.25, -0.2) is 0 Å². The highest BCUT2D eigenvalue weighted by molar-refractivity contribution is 5.94. The highest BCUT2D eigenvalue weighted by Gasteiger charge is 2.17. The van der Waals surface area contributed by atoms with Gasteiger partial charge in [-0.15, -0.1) is 0 Å². The first kappa shape index (κ1) is 22.6. The molecule has 166 valence electrons. The summed E-state index contributed by atoms with van der Waals surface area (Å²) in [6, 6.07) is 15.4. The zero-order valence-corrected chi connectivity index (χ0v) is 18.3. The second kappa shape index (κ2) is 11.4. The fourth-order valence-corrected chi connectivity index (χ4v) is 3.42. The molecule has 31 heavy (non-hydrogen) atoms. The Balaban J connectivity index is 1.48. The highest BCUT2D eigenvalue weighted by atomic mass is 16.5. The van der Waals surface area contributed by atoms with Crippen LogP contribution >= 0.6 is 0 Å². The van der Waals surface area contributed by atoms with Crippen LogP contribution in [0.5, 0.6) is 5.75 Å². The van der Waals surface area contributed by atoms with Gasteiger partial charge in [-0.05, 0) is 55.3 Å². The van der Waals surface area contributed by atoms with E-state index in [2.05, 4.69) is 17.1 Å². The molecule has 0 aliphatic carbocycles. The average Bonchev–Trinajstić information content (AvgIpc) is 2.82. The lowest BCUT2D eigenvalue weighted by molar-refractivity contribution is -0.136. The van der Waals surface area contributed by atoms with Crippen molar-refractivity contribution < 1.29 is 19.1 Å². The second-order valence-corrected chi connectivity index (χ2v) is 7.39. The first-order valence-corrected chi connectivity index (χ1v) is 10.8. The largest absolute Gasteiger partial charge is 0.484 e. The van der Waals surface area contributed by atoms with Gasteiger partial charge in [-0.2, -0.15) is 0 Å². The molecular formula is C24H31N3O4. The minimum Gasteiger partial charge on any atom is -0.484 e. The molecule has 2 aromatic carbocycles. The first-order chi connectivity index (χ1) is 15.1. The Kier molecular flexibility index (Phi) is 8.29. The number of likely N-dealkylation sites (N-methyl/N-ethyl adjacent to an activating group) is 1. The summed E-state index contributed by atoms with van der Waals surface area (Å²) >= 11 is 0. The van der Waals surface area contributed by atoms with Gasteiger partial charge < -0.3 is 24.6 Å². The van der Waals surface area contributed by atoms with E-state index >= 15 is 0 Å². The highest BCUT2D eigenvalue weighted by Crippen LogP contribution is 2.19. The summed E-state index contributed by atoms with van der Waals surface area (Å²) in [7, 11) is 0. The van der Waals surface area contributed by atoms with E-state index in [9.17, 15) is 9.59 Å². The van der Waals surface area contributed by atoms with Gasteiger partial charge in [0.2, 0.25) is 5.91 Å². The molecule has 0 atom stereocenters. The van der Waals surface area contributed by atoms with E-state index < -0.39 is 0 Å². The molecule has 3 rings (SSSR count). The maximum atomic E-state index is 12.5. The van der Waals surface area contributed by atoms with Crippen molar-refractivity contribution in [3.8, 4) is 5.75 Å². The third-order valence-electron chi connectivity index (χ3n) is 5.27. The predicted octanol–water partition coefficient (Wildman–Crippen LogP) is 2.95. The number of aryl methyl sites for hydroxylation is 1. The third kappa shape index (κ3) is 6.72. The number of amides is 2. The van der Waals surface area contributed by atoms with Crippen molar-refractivity contribution in [1.82, 2.24) is 4.90 Å². The van der Waals surface area contributed by atoms with Gasteiger partial charge in [0.05, 0.1) is 19.8 Å². The van der Waals surface area contributed by atoms with Crippen molar-refractivity contribution in [1.29, 1.82) is 0 Å². The number of morpholine rings is 1. The number of hydrogen-bond acceptors (Lipinski definition) is 5.